The van der Waals surface area contributed by atoms with Gasteiger partial charge in [-0.15, -0.1) is 5.10 Å². The fourth-order valence-electron chi connectivity index (χ4n) is 2.94. The van der Waals surface area contributed by atoms with E-state index in [0.717, 1.165) is 27.7 Å². The van der Waals surface area contributed by atoms with E-state index in [-0.39, 0.29) is 5.69 Å². The van der Waals surface area contributed by atoms with Crippen LogP contribution in [0.4, 0.5) is 5.69 Å². The van der Waals surface area contributed by atoms with E-state index in [1.54, 1.807) is 23.0 Å². The molecule has 2 heterocycles. The highest BCUT2D eigenvalue weighted by Gasteiger charge is 2.09. The second-order valence-electron chi connectivity index (χ2n) is 6.32. The fraction of sp³-hybridized carbons (Fsp3) is 0.105. The highest BCUT2D eigenvalue weighted by atomic mass is 16.6. The van der Waals surface area contributed by atoms with Crippen LogP contribution in [0.2, 0.25) is 0 Å². The van der Waals surface area contributed by atoms with Crippen LogP contribution in [0.1, 0.15) is 11.3 Å². The van der Waals surface area contributed by atoms with E-state index in [4.69, 9.17) is 5.53 Å². The first kappa shape index (κ1) is 18.1. The molecule has 0 spiro atoms. The summed E-state index contributed by atoms with van der Waals surface area (Å²) < 4.78 is 1.67. The Balaban J connectivity index is 1.52. The molecule has 2 aromatic carbocycles. The molecule has 4 rings (SSSR count). The van der Waals surface area contributed by atoms with Gasteiger partial charge in [0.2, 0.25) is 0 Å². The van der Waals surface area contributed by atoms with Crippen LogP contribution in [0, 0.1) is 10.1 Å². The van der Waals surface area contributed by atoms with Crippen LogP contribution in [0.15, 0.2) is 65.9 Å². The summed E-state index contributed by atoms with van der Waals surface area (Å²) in [6.45, 7) is 0.745. The number of non-ortho nitro benzene ring substituents is 1. The van der Waals surface area contributed by atoms with E-state index in [1.165, 1.54) is 12.1 Å². The number of hydrogen-bond acceptors (Lipinski definition) is 6. The normalized spacial score (nSPS) is 10.6. The number of azide groups is 1. The average molecular weight is 386 g/mol. The third-order valence-electron chi connectivity index (χ3n) is 4.36. The Morgan fingerprint density at radius 1 is 1.14 bits per heavy atom. The summed E-state index contributed by atoms with van der Waals surface area (Å²) in [5, 5.41) is 23.6. The van der Waals surface area contributed by atoms with Crippen LogP contribution in [-0.4, -0.2) is 24.9 Å². The Morgan fingerprint density at radius 2 is 1.97 bits per heavy atom. The lowest BCUT2D eigenvalue weighted by Gasteiger charge is -2.04. The minimum absolute atomic E-state index is 0.0316. The molecule has 0 aliphatic carbocycles. The zero-order valence-electron chi connectivity index (χ0n) is 15.1. The van der Waals surface area contributed by atoms with Gasteiger partial charge in [0.05, 0.1) is 35.4 Å². The number of nitro benzene ring substituents is 1. The molecule has 0 N–H and O–H groups in total. The molecule has 0 saturated heterocycles. The molecule has 0 amide bonds. The first-order chi connectivity index (χ1) is 14.1. The molecule has 2 aromatic heterocycles. The zero-order valence-corrected chi connectivity index (χ0v) is 15.1. The molecular weight excluding hydrogens is 372 g/mol. The van der Waals surface area contributed by atoms with Gasteiger partial charge in [0, 0.05) is 28.0 Å². The van der Waals surface area contributed by atoms with Gasteiger partial charge in [0.25, 0.3) is 5.69 Å². The summed E-state index contributed by atoms with van der Waals surface area (Å²) in [4.78, 5) is 17.7. The smallest absolute Gasteiger partial charge is 0.258 e. The third-order valence-corrected chi connectivity index (χ3v) is 4.36. The minimum atomic E-state index is -0.439. The van der Waals surface area contributed by atoms with Crippen LogP contribution in [-0.2, 0) is 13.1 Å². The van der Waals surface area contributed by atoms with Crippen LogP contribution in [0.3, 0.4) is 0 Å². The van der Waals surface area contributed by atoms with E-state index in [2.05, 4.69) is 25.3 Å². The molecule has 0 radical (unpaired) electrons. The Hall–Kier alpha value is -4.30. The molecule has 4 aromatic rings. The number of benzene rings is 2. The second-order valence-corrected chi connectivity index (χ2v) is 6.32. The predicted octanol–water partition coefficient (Wildman–Crippen LogP) is 4.26. The maximum absolute atomic E-state index is 10.8. The molecule has 0 fully saturated rings. The van der Waals surface area contributed by atoms with Crippen molar-refractivity contribution in [2.24, 2.45) is 5.11 Å². The summed E-state index contributed by atoms with van der Waals surface area (Å²) in [5.74, 6) is 0. The highest BCUT2D eigenvalue weighted by molar-refractivity contribution is 5.79. The lowest BCUT2D eigenvalue weighted by Crippen LogP contribution is -2.02. The summed E-state index contributed by atoms with van der Waals surface area (Å²) in [7, 11) is 0. The molecule has 0 bridgehead atoms. The van der Waals surface area contributed by atoms with Gasteiger partial charge in [-0.25, -0.2) is 4.68 Å². The van der Waals surface area contributed by atoms with E-state index in [0.29, 0.717) is 18.8 Å². The number of hydrogen-bond donors (Lipinski definition) is 0. The van der Waals surface area contributed by atoms with E-state index in [9.17, 15) is 10.1 Å². The van der Waals surface area contributed by atoms with Crippen molar-refractivity contribution in [3.05, 3.63) is 92.6 Å². The Bertz CT molecular complexity index is 1240. The van der Waals surface area contributed by atoms with Crippen LogP contribution in [0.5, 0.6) is 0 Å². The number of rotatable bonds is 6. The largest absolute Gasteiger partial charge is 0.269 e. The lowest BCUT2D eigenvalue weighted by atomic mass is 10.1. The molecule has 142 valence electrons. The van der Waals surface area contributed by atoms with Crippen LogP contribution < -0.4 is 0 Å². The van der Waals surface area contributed by atoms with Gasteiger partial charge in [0.15, 0.2) is 0 Å². The molecule has 0 aliphatic rings. The quantitative estimate of drug-likeness (QED) is 0.160. The lowest BCUT2D eigenvalue weighted by molar-refractivity contribution is -0.384. The maximum Gasteiger partial charge on any atom is 0.269 e. The van der Waals surface area contributed by atoms with Gasteiger partial charge in [-0.1, -0.05) is 22.5 Å². The second kappa shape index (κ2) is 7.75. The van der Waals surface area contributed by atoms with E-state index < -0.39 is 4.92 Å². The Labute approximate surface area is 164 Å². The van der Waals surface area contributed by atoms with E-state index >= 15 is 0 Å². The standard InChI is InChI=1S/C19H14N8O2/c20-24-21-10-13-1-8-18-15(9-13)2-5-16(22-18)11-26-12-19(23-25-26)14-3-6-17(7-4-14)27(28)29/h1-9,12H,10-11H2. The number of nitrogens with zero attached hydrogens (tertiary/aromatic N) is 8. The van der Waals surface area contributed by atoms with Gasteiger partial charge in [0.1, 0.15) is 5.69 Å². The van der Waals surface area contributed by atoms with Crippen molar-refractivity contribution < 1.29 is 4.92 Å². The molecular formula is C19H14N8O2. The molecule has 0 aliphatic heterocycles. The Morgan fingerprint density at radius 3 is 2.72 bits per heavy atom. The van der Waals surface area contributed by atoms with Crippen molar-refractivity contribution in [2.45, 2.75) is 13.1 Å². The van der Waals surface area contributed by atoms with Gasteiger partial charge in [-0.2, -0.15) is 0 Å². The van der Waals surface area contributed by atoms with E-state index in [1.807, 2.05) is 30.3 Å². The molecule has 10 nitrogen and oxygen atoms in total. The predicted molar refractivity (Wildman–Crippen MR) is 106 cm³/mol. The summed E-state index contributed by atoms with van der Waals surface area (Å²) >= 11 is 0. The van der Waals surface area contributed by atoms with Crippen LogP contribution >= 0.6 is 0 Å². The van der Waals surface area contributed by atoms with Crippen LogP contribution in [0.25, 0.3) is 32.6 Å². The van der Waals surface area contributed by atoms with Gasteiger partial charge in [-0.05, 0) is 41.4 Å². The SMILES string of the molecule is [N-]=[N+]=NCc1ccc2nc(Cn3cc(-c4ccc([N+](=O)[O-])cc4)nn3)ccc2c1. The third kappa shape index (κ3) is 4.02. The summed E-state index contributed by atoms with van der Waals surface area (Å²) in [6.07, 6.45) is 1.77. The first-order valence-electron chi connectivity index (χ1n) is 8.67. The summed E-state index contributed by atoms with van der Waals surface area (Å²) in [6, 6.07) is 15.8. The minimum Gasteiger partial charge on any atom is -0.258 e. The summed E-state index contributed by atoms with van der Waals surface area (Å²) in [5.41, 5.74) is 12.4. The van der Waals surface area contributed by atoms with Crippen molar-refractivity contribution >= 4 is 16.6 Å². The number of fused-ring (bicyclic) bond motifs is 1. The topological polar surface area (TPSA) is 136 Å². The molecule has 0 atom stereocenters. The molecule has 10 heteroatoms. The fourth-order valence-corrected chi connectivity index (χ4v) is 2.94. The van der Waals surface area contributed by atoms with Crippen molar-refractivity contribution in [3.63, 3.8) is 0 Å². The first-order valence-corrected chi connectivity index (χ1v) is 8.67. The molecule has 29 heavy (non-hydrogen) atoms. The number of aromatic nitrogens is 4. The number of nitro groups is 1. The monoisotopic (exact) mass is 386 g/mol. The van der Waals surface area contributed by atoms with Crippen molar-refractivity contribution in [1.82, 2.24) is 20.0 Å². The van der Waals surface area contributed by atoms with Crippen molar-refractivity contribution in [3.8, 4) is 11.3 Å². The number of pyridine rings is 1. The van der Waals surface area contributed by atoms with Gasteiger partial charge >= 0.3 is 0 Å². The molecule has 0 saturated carbocycles. The maximum atomic E-state index is 10.8. The highest BCUT2D eigenvalue weighted by Crippen LogP contribution is 2.21. The van der Waals surface area contributed by atoms with Crippen molar-refractivity contribution in [1.29, 1.82) is 0 Å². The van der Waals surface area contributed by atoms with Crippen molar-refractivity contribution in [2.75, 3.05) is 0 Å². The van der Waals surface area contributed by atoms with Gasteiger partial charge in [-0.3, -0.25) is 15.1 Å². The molecule has 0 unspecified atom stereocenters. The van der Waals surface area contributed by atoms with Gasteiger partial charge < -0.3 is 0 Å². The zero-order chi connectivity index (χ0) is 20.2. The average Bonchev–Trinajstić information content (AvgIpc) is 3.20. The Kier molecular flexibility index (Phi) is 4.83.